The van der Waals surface area contributed by atoms with E-state index >= 15 is 0 Å². The van der Waals surface area contributed by atoms with E-state index in [1.807, 2.05) is 0 Å². The zero-order chi connectivity index (χ0) is 26.6. The first-order valence-corrected chi connectivity index (χ1v) is 16.1. The number of likely N-dealkylation sites (tertiary alicyclic amines) is 1. The van der Waals surface area contributed by atoms with Crippen LogP contribution in [-0.2, 0) is 19.6 Å². The number of benzene rings is 1. The number of anilines is 1. The van der Waals surface area contributed by atoms with Gasteiger partial charge in [-0.25, -0.2) is 8.42 Å². The molecule has 0 aromatic heterocycles. The van der Waals surface area contributed by atoms with Crippen LogP contribution in [0.5, 0.6) is 0 Å². The summed E-state index contributed by atoms with van der Waals surface area (Å²) in [6.45, 7) is 8.20. The summed E-state index contributed by atoms with van der Waals surface area (Å²) in [5, 5.41) is 2.96. The van der Waals surface area contributed by atoms with Crippen molar-refractivity contribution in [3.63, 3.8) is 0 Å². The first kappa shape index (κ1) is 28.4. The smallest absolute Gasteiger partial charge is 0.243 e. The SMILES string of the molecule is C[C@@H]1C[C@@H](C)CN(CCCNC(=O)CN2C(=O)CSc3ccc(S(=O)(=O)N(C)C4CCCCC4)cc32)C1. The van der Waals surface area contributed by atoms with Crippen molar-refractivity contribution in [2.75, 3.05) is 50.4 Å². The van der Waals surface area contributed by atoms with E-state index in [0.29, 0.717) is 24.1 Å². The van der Waals surface area contributed by atoms with Gasteiger partial charge in [0.1, 0.15) is 6.54 Å². The Labute approximate surface area is 226 Å². The molecule has 1 saturated heterocycles. The molecule has 2 fully saturated rings. The molecule has 2 amide bonds. The molecule has 37 heavy (non-hydrogen) atoms. The zero-order valence-corrected chi connectivity index (χ0v) is 24.1. The number of sulfonamides is 1. The molecule has 4 rings (SSSR count). The van der Waals surface area contributed by atoms with Crippen LogP contribution in [-0.4, -0.2) is 81.0 Å². The molecule has 1 aromatic carbocycles. The number of fused-ring (bicyclic) bond motifs is 1. The monoisotopic (exact) mass is 550 g/mol. The Morgan fingerprint density at radius 3 is 2.54 bits per heavy atom. The molecule has 10 heteroatoms. The van der Waals surface area contributed by atoms with Crippen LogP contribution in [0.4, 0.5) is 5.69 Å². The van der Waals surface area contributed by atoms with Crippen molar-refractivity contribution in [3.8, 4) is 0 Å². The predicted octanol–water partition coefficient (Wildman–Crippen LogP) is 3.56. The van der Waals surface area contributed by atoms with Gasteiger partial charge in [0.15, 0.2) is 0 Å². The highest BCUT2D eigenvalue weighted by molar-refractivity contribution is 8.00. The second kappa shape index (κ2) is 12.5. The largest absolute Gasteiger partial charge is 0.355 e. The molecule has 1 aliphatic carbocycles. The van der Waals surface area contributed by atoms with Crippen LogP contribution >= 0.6 is 11.8 Å². The van der Waals surface area contributed by atoms with Gasteiger partial charge >= 0.3 is 0 Å². The Hall–Kier alpha value is -1.62. The highest BCUT2D eigenvalue weighted by atomic mass is 32.2. The standard InChI is InChI=1S/C27H42N4O4S2/c1-20-14-21(2)17-30(16-20)13-7-12-28-26(32)18-31-24-15-23(10-11-25(24)36-19-27(31)33)37(34,35)29(3)22-8-5-4-6-9-22/h10-11,15,20-22H,4-9,12-14,16-19H2,1-3H3,(H,28,32)/t20-,21-/m1/s1. The Balaban J connectivity index is 1.37. The lowest BCUT2D eigenvalue weighted by atomic mass is 9.92. The minimum Gasteiger partial charge on any atom is -0.355 e. The van der Waals surface area contributed by atoms with E-state index < -0.39 is 10.0 Å². The third-order valence-corrected chi connectivity index (χ3v) is 10.8. The minimum absolute atomic E-state index is 0.00373. The third kappa shape index (κ3) is 7.07. The molecular weight excluding hydrogens is 508 g/mol. The fourth-order valence-corrected chi connectivity index (χ4v) is 8.38. The summed E-state index contributed by atoms with van der Waals surface area (Å²) in [6, 6.07) is 4.96. The van der Waals surface area contributed by atoms with E-state index in [-0.39, 0.29) is 35.0 Å². The Kier molecular flexibility index (Phi) is 9.58. The summed E-state index contributed by atoms with van der Waals surface area (Å²) < 4.78 is 28.3. The first-order chi connectivity index (χ1) is 17.6. The average molecular weight is 551 g/mol. The maximum atomic E-state index is 13.4. The van der Waals surface area contributed by atoms with Gasteiger partial charge < -0.3 is 15.1 Å². The molecule has 1 N–H and O–H groups in total. The third-order valence-electron chi connectivity index (χ3n) is 7.86. The number of hydrogen-bond acceptors (Lipinski definition) is 6. The second-order valence-electron chi connectivity index (χ2n) is 11.1. The highest BCUT2D eigenvalue weighted by Gasteiger charge is 2.32. The van der Waals surface area contributed by atoms with Gasteiger partial charge in [-0.3, -0.25) is 9.59 Å². The van der Waals surface area contributed by atoms with Crippen LogP contribution in [0.3, 0.4) is 0 Å². The van der Waals surface area contributed by atoms with Crippen molar-refractivity contribution in [1.82, 2.24) is 14.5 Å². The number of nitrogens with zero attached hydrogens (tertiary/aromatic N) is 3. The number of thioether (sulfide) groups is 1. The van der Waals surface area contributed by atoms with Crippen molar-refractivity contribution in [2.45, 2.75) is 74.6 Å². The fraction of sp³-hybridized carbons (Fsp3) is 0.704. The van der Waals surface area contributed by atoms with Gasteiger partial charge in [-0.2, -0.15) is 4.31 Å². The van der Waals surface area contributed by atoms with Gasteiger partial charge in [-0.05, 0) is 62.3 Å². The van der Waals surface area contributed by atoms with Crippen LogP contribution < -0.4 is 10.2 Å². The zero-order valence-electron chi connectivity index (χ0n) is 22.4. The summed E-state index contributed by atoms with van der Waals surface area (Å²) in [7, 11) is -2.04. The molecule has 0 unspecified atom stereocenters. The lowest BCUT2D eigenvalue weighted by Crippen LogP contribution is -2.44. The molecule has 0 radical (unpaired) electrons. The topological polar surface area (TPSA) is 90.0 Å². The molecule has 2 heterocycles. The Morgan fingerprint density at radius 2 is 1.84 bits per heavy atom. The van der Waals surface area contributed by atoms with E-state index in [9.17, 15) is 18.0 Å². The number of carbonyl (C=O) groups is 2. The van der Waals surface area contributed by atoms with Gasteiger partial charge in [0, 0.05) is 37.6 Å². The van der Waals surface area contributed by atoms with Crippen molar-refractivity contribution in [1.29, 1.82) is 0 Å². The molecule has 0 spiro atoms. The van der Waals surface area contributed by atoms with Gasteiger partial charge in [0.2, 0.25) is 21.8 Å². The van der Waals surface area contributed by atoms with Crippen LogP contribution in [0.2, 0.25) is 0 Å². The summed E-state index contributed by atoms with van der Waals surface area (Å²) in [5.74, 6) is 1.24. The molecule has 2 atom stereocenters. The van der Waals surface area contributed by atoms with Crippen LogP contribution in [0, 0.1) is 11.8 Å². The minimum atomic E-state index is -3.70. The summed E-state index contributed by atoms with van der Waals surface area (Å²) in [5.41, 5.74) is 0.505. The normalized spacial score (nSPS) is 23.8. The molecule has 8 nitrogen and oxygen atoms in total. The Bertz CT molecular complexity index is 1060. The first-order valence-electron chi connectivity index (χ1n) is 13.7. The van der Waals surface area contributed by atoms with E-state index in [0.717, 1.165) is 63.1 Å². The van der Waals surface area contributed by atoms with Gasteiger partial charge in [0.05, 0.1) is 16.3 Å². The van der Waals surface area contributed by atoms with Crippen LogP contribution in [0.15, 0.2) is 28.0 Å². The fourth-order valence-electron chi connectivity index (χ4n) is 6.03. The van der Waals surface area contributed by atoms with E-state index in [2.05, 4.69) is 24.1 Å². The molecular formula is C27H42N4O4S2. The van der Waals surface area contributed by atoms with Crippen molar-refractivity contribution < 1.29 is 18.0 Å². The van der Waals surface area contributed by atoms with Crippen molar-refractivity contribution in [3.05, 3.63) is 18.2 Å². The molecule has 1 aromatic rings. The molecule has 3 aliphatic rings. The molecule has 206 valence electrons. The number of piperidine rings is 1. The lowest BCUT2D eigenvalue weighted by Gasteiger charge is -2.35. The van der Waals surface area contributed by atoms with E-state index in [1.165, 1.54) is 27.4 Å². The average Bonchev–Trinajstić information content (AvgIpc) is 2.87. The van der Waals surface area contributed by atoms with Crippen LogP contribution in [0.25, 0.3) is 0 Å². The van der Waals surface area contributed by atoms with Gasteiger partial charge in [-0.15, -0.1) is 11.8 Å². The highest BCUT2D eigenvalue weighted by Crippen LogP contribution is 2.38. The molecule has 0 bridgehead atoms. The summed E-state index contributed by atoms with van der Waals surface area (Å²) >= 11 is 1.38. The van der Waals surface area contributed by atoms with E-state index in [4.69, 9.17) is 0 Å². The number of hydrogen-bond donors (Lipinski definition) is 1. The van der Waals surface area contributed by atoms with Crippen molar-refractivity contribution in [2.24, 2.45) is 11.8 Å². The second-order valence-corrected chi connectivity index (χ2v) is 14.1. The molecule has 1 saturated carbocycles. The van der Waals surface area contributed by atoms with Crippen molar-refractivity contribution >= 4 is 39.3 Å². The maximum Gasteiger partial charge on any atom is 0.243 e. The number of amides is 2. The Morgan fingerprint density at radius 1 is 1.14 bits per heavy atom. The number of rotatable bonds is 9. The summed E-state index contributed by atoms with van der Waals surface area (Å²) in [4.78, 5) is 30.5. The van der Waals surface area contributed by atoms with Gasteiger partial charge in [0.25, 0.3) is 0 Å². The predicted molar refractivity (Wildman–Crippen MR) is 148 cm³/mol. The molecule has 2 aliphatic heterocycles. The maximum absolute atomic E-state index is 13.4. The van der Waals surface area contributed by atoms with Crippen LogP contribution in [0.1, 0.15) is 58.8 Å². The lowest BCUT2D eigenvalue weighted by molar-refractivity contribution is -0.123. The number of nitrogens with one attached hydrogen (secondary N) is 1. The summed E-state index contributed by atoms with van der Waals surface area (Å²) in [6.07, 6.45) is 7.11. The quantitative estimate of drug-likeness (QED) is 0.473. The van der Waals surface area contributed by atoms with Gasteiger partial charge in [-0.1, -0.05) is 33.1 Å². The number of carbonyl (C=O) groups excluding carboxylic acids is 2. The van der Waals surface area contributed by atoms with E-state index in [1.54, 1.807) is 25.2 Å².